The van der Waals surface area contributed by atoms with Crippen molar-refractivity contribution in [2.45, 2.75) is 25.0 Å². The molecule has 0 spiro atoms. The number of H-pyrrole nitrogens is 1. The largest absolute Gasteiger partial charge is 0.316 e. The number of aryl methyl sites for hydroxylation is 1. The number of hydrogen-bond donors (Lipinski definition) is 3. The Morgan fingerprint density at radius 3 is 2.67 bits per heavy atom. The molecule has 114 valence electrons. The van der Waals surface area contributed by atoms with E-state index in [-0.39, 0.29) is 11.6 Å². The van der Waals surface area contributed by atoms with E-state index in [4.69, 9.17) is 11.6 Å². The van der Waals surface area contributed by atoms with E-state index in [2.05, 4.69) is 20.2 Å². The smallest absolute Gasteiger partial charge is 0.260 e. The lowest BCUT2D eigenvalue weighted by atomic mass is 10.2. The van der Waals surface area contributed by atoms with E-state index >= 15 is 0 Å². The molecule has 0 radical (unpaired) electrons. The van der Waals surface area contributed by atoms with Gasteiger partial charge in [-0.05, 0) is 25.6 Å². The van der Waals surface area contributed by atoms with E-state index in [0.717, 1.165) is 5.69 Å². The third-order valence-electron chi connectivity index (χ3n) is 3.05. The summed E-state index contributed by atoms with van der Waals surface area (Å²) in [5.41, 5.74) is 2.07. The molecule has 0 saturated heterocycles. The van der Waals surface area contributed by atoms with Gasteiger partial charge in [0.1, 0.15) is 0 Å². The molecule has 0 saturated carbocycles. The van der Waals surface area contributed by atoms with Gasteiger partial charge in [0.15, 0.2) is 5.03 Å². The van der Waals surface area contributed by atoms with Crippen LogP contribution < -0.4 is 10.0 Å². The van der Waals surface area contributed by atoms with Crippen LogP contribution in [0.4, 0.5) is 0 Å². The van der Waals surface area contributed by atoms with Crippen molar-refractivity contribution in [2.75, 3.05) is 7.05 Å². The van der Waals surface area contributed by atoms with Crippen molar-refractivity contribution in [3.05, 3.63) is 46.1 Å². The minimum atomic E-state index is -3.70. The van der Waals surface area contributed by atoms with Gasteiger partial charge in [-0.1, -0.05) is 29.8 Å². The number of sulfonamides is 1. The van der Waals surface area contributed by atoms with Gasteiger partial charge >= 0.3 is 0 Å². The maximum atomic E-state index is 12.4. The van der Waals surface area contributed by atoms with Gasteiger partial charge in [0.25, 0.3) is 10.0 Å². The summed E-state index contributed by atoms with van der Waals surface area (Å²) >= 11 is 6.02. The van der Waals surface area contributed by atoms with Gasteiger partial charge in [-0.15, -0.1) is 0 Å². The molecular weight excluding hydrogens is 312 g/mol. The molecule has 0 aliphatic carbocycles. The Labute approximate surface area is 129 Å². The quantitative estimate of drug-likeness (QED) is 0.751. The number of benzene rings is 1. The molecule has 1 aromatic heterocycles. The lowest BCUT2D eigenvalue weighted by molar-refractivity contribution is 0.575. The van der Waals surface area contributed by atoms with Crippen molar-refractivity contribution in [3.8, 4) is 0 Å². The summed E-state index contributed by atoms with van der Waals surface area (Å²) in [6, 6.07) is 7.09. The zero-order valence-electron chi connectivity index (χ0n) is 11.8. The molecule has 21 heavy (non-hydrogen) atoms. The maximum absolute atomic E-state index is 12.4. The van der Waals surface area contributed by atoms with E-state index in [9.17, 15) is 8.42 Å². The van der Waals surface area contributed by atoms with E-state index in [1.807, 2.05) is 0 Å². The number of nitrogens with one attached hydrogen (secondary N) is 3. The Bertz CT molecular complexity index is 728. The van der Waals surface area contributed by atoms with Gasteiger partial charge in [-0.2, -0.15) is 5.10 Å². The molecule has 1 aromatic carbocycles. The highest BCUT2D eigenvalue weighted by Gasteiger charge is 2.23. The van der Waals surface area contributed by atoms with Crippen LogP contribution in [0.15, 0.2) is 29.3 Å². The summed E-state index contributed by atoms with van der Waals surface area (Å²) in [7, 11) is -1.95. The summed E-state index contributed by atoms with van der Waals surface area (Å²) in [5.74, 6) is 0. The average molecular weight is 329 g/mol. The second kappa shape index (κ2) is 6.57. The fourth-order valence-electron chi connectivity index (χ4n) is 1.92. The molecule has 0 aliphatic rings. The molecule has 1 heterocycles. The zero-order valence-corrected chi connectivity index (χ0v) is 13.3. The zero-order chi connectivity index (χ0) is 15.5. The molecular formula is C13H17ClN4O2S. The van der Waals surface area contributed by atoms with Gasteiger partial charge in [0.2, 0.25) is 0 Å². The van der Waals surface area contributed by atoms with Gasteiger partial charge in [-0.3, -0.25) is 5.10 Å². The third-order valence-corrected chi connectivity index (χ3v) is 4.79. The van der Waals surface area contributed by atoms with Crippen molar-refractivity contribution in [1.82, 2.24) is 20.2 Å². The summed E-state index contributed by atoms with van der Waals surface area (Å²) in [6.07, 6.45) is 0. The molecule has 0 atom stereocenters. The minimum absolute atomic E-state index is 0.0152. The molecule has 3 N–H and O–H groups in total. The SMILES string of the molecule is CNCc1c(S(=O)(=O)NCc2ccccc2Cl)n[nH]c1C. The first kappa shape index (κ1) is 16.0. The number of nitrogens with zero attached hydrogens (tertiary/aromatic N) is 1. The Morgan fingerprint density at radius 2 is 2.00 bits per heavy atom. The van der Waals surface area contributed by atoms with E-state index in [0.29, 0.717) is 22.7 Å². The summed E-state index contributed by atoms with van der Waals surface area (Å²) < 4.78 is 27.2. The van der Waals surface area contributed by atoms with Crippen LogP contribution in [0.25, 0.3) is 0 Å². The van der Waals surface area contributed by atoms with Gasteiger partial charge in [0.05, 0.1) is 0 Å². The molecule has 2 aromatic rings. The van der Waals surface area contributed by atoms with E-state index in [1.165, 1.54) is 0 Å². The third kappa shape index (κ3) is 3.62. The highest BCUT2D eigenvalue weighted by Crippen LogP contribution is 2.18. The Kier molecular flexibility index (Phi) is 5.00. The normalized spacial score (nSPS) is 11.8. The van der Waals surface area contributed by atoms with Crippen molar-refractivity contribution < 1.29 is 8.42 Å². The second-order valence-electron chi connectivity index (χ2n) is 4.58. The molecule has 0 unspecified atom stereocenters. The number of halogens is 1. The highest BCUT2D eigenvalue weighted by atomic mass is 35.5. The topological polar surface area (TPSA) is 86.9 Å². The maximum Gasteiger partial charge on any atom is 0.260 e. The first-order chi connectivity index (χ1) is 9.95. The number of rotatable bonds is 6. The first-order valence-electron chi connectivity index (χ1n) is 6.37. The number of hydrogen-bond acceptors (Lipinski definition) is 4. The lowest BCUT2D eigenvalue weighted by Crippen LogP contribution is -2.25. The molecule has 2 rings (SSSR count). The molecule has 0 bridgehead atoms. The van der Waals surface area contributed by atoms with Crippen molar-refractivity contribution >= 4 is 21.6 Å². The van der Waals surface area contributed by atoms with Crippen LogP contribution in [-0.2, 0) is 23.1 Å². The Balaban J connectivity index is 2.21. The monoisotopic (exact) mass is 328 g/mol. The van der Waals surface area contributed by atoms with E-state index < -0.39 is 10.0 Å². The van der Waals surface area contributed by atoms with Crippen LogP contribution in [0, 0.1) is 6.92 Å². The molecule has 0 amide bonds. The van der Waals surface area contributed by atoms with Crippen molar-refractivity contribution in [3.63, 3.8) is 0 Å². The summed E-state index contributed by atoms with van der Waals surface area (Å²) in [6.45, 7) is 2.32. The summed E-state index contributed by atoms with van der Waals surface area (Å²) in [5, 5.41) is 10.1. The fraction of sp³-hybridized carbons (Fsp3) is 0.308. The molecule has 8 heteroatoms. The van der Waals surface area contributed by atoms with Crippen LogP contribution in [-0.4, -0.2) is 25.7 Å². The first-order valence-corrected chi connectivity index (χ1v) is 8.23. The van der Waals surface area contributed by atoms with Gasteiger partial charge in [-0.25, -0.2) is 13.1 Å². The predicted octanol–water partition coefficient (Wildman–Crippen LogP) is 1.57. The average Bonchev–Trinajstić information content (AvgIpc) is 2.81. The van der Waals surface area contributed by atoms with Crippen LogP contribution >= 0.6 is 11.6 Å². The molecule has 6 nitrogen and oxygen atoms in total. The van der Waals surface area contributed by atoms with E-state index in [1.54, 1.807) is 38.2 Å². The van der Waals surface area contributed by atoms with Crippen LogP contribution in [0.5, 0.6) is 0 Å². The molecule has 0 aliphatic heterocycles. The standard InChI is InChI=1S/C13H17ClN4O2S/c1-9-11(8-15-2)13(18-17-9)21(19,20)16-7-10-5-3-4-6-12(10)14/h3-6,15-16H,7-8H2,1-2H3,(H,17,18). The Hall–Kier alpha value is -1.41. The van der Waals surface area contributed by atoms with Gasteiger partial charge < -0.3 is 5.32 Å². The minimum Gasteiger partial charge on any atom is -0.316 e. The number of aromatic amines is 1. The fourth-order valence-corrected chi connectivity index (χ4v) is 3.32. The molecule has 0 fully saturated rings. The van der Waals surface area contributed by atoms with Crippen LogP contribution in [0.3, 0.4) is 0 Å². The Morgan fingerprint density at radius 1 is 1.29 bits per heavy atom. The second-order valence-corrected chi connectivity index (χ2v) is 6.67. The predicted molar refractivity (Wildman–Crippen MR) is 81.6 cm³/mol. The van der Waals surface area contributed by atoms with Gasteiger partial charge in [0, 0.05) is 29.4 Å². The van der Waals surface area contributed by atoms with Crippen LogP contribution in [0.2, 0.25) is 5.02 Å². The lowest BCUT2D eigenvalue weighted by Gasteiger charge is -2.08. The van der Waals surface area contributed by atoms with Crippen molar-refractivity contribution in [2.24, 2.45) is 0 Å². The summed E-state index contributed by atoms with van der Waals surface area (Å²) in [4.78, 5) is 0. The van der Waals surface area contributed by atoms with Crippen LogP contribution in [0.1, 0.15) is 16.8 Å². The highest BCUT2D eigenvalue weighted by molar-refractivity contribution is 7.89. The van der Waals surface area contributed by atoms with Crippen molar-refractivity contribution in [1.29, 1.82) is 0 Å². The number of aromatic nitrogens is 2.